The molecular formula is C12H25N3O2. The molecule has 0 radical (unpaired) electrons. The minimum Gasteiger partial charge on any atom is -0.359 e. The lowest BCUT2D eigenvalue weighted by atomic mass is 9.92. The highest BCUT2D eigenvalue weighted by molar-refractivity contribution is 5.81. The molecule has 0 fully saturated rings. The number of hydrogen-bond donors (Lipinski definition) is 3. The Hall–Kier alpha value is -1.10. The molecule has 0 aromatic carbocycles. The van der Waals surface area contributed by atoms with Gasteiger partial charge in [-0.25, -0.2) is 0 Å². The predicted octanol–water partition coefficient (Wildman–Crippen LogP) is 0.263. The maximum absolute atomic E-state index is 11.5. The van der Waals surface area contributed by atoms with Crippen LogP contribution in [0, 0.1) is 5.41 Å². The average Bonchev–Trinajstić information content (AvgIpc) is 2.22. The van der Waals surface area contributed by atoms with E-state index in [1.54, 1.807) is 7.05 Å². The van der Waals surface area contributed by atoms with Crippen LogP contribution >= 0.6 is 0 Å². The molecule has 3 N–H and O–H groups in total. The van der Waals surface area contributed by atoms with Crippen molar-refractivity contribution in [1.29, 1.82) is 0 Å². The fourth-order valence-corrected chi connectivity index (χ4v) is 1.42. The normalized spacial score (nSPS) is 11.4. The van der Waals surface area contributed by atoms with Gasteiger partial charge in [0.2, 0.25) is 11.8 Å². The molecule has 100 valence electrons. The Kier molecular flexibility index (Phi) is 6.80. The standard InChI is InChI=1S/C12H25N3O2/c1-9(2)15-10(16)6-7-14-8-12(3,4)11(17)13-5/h9,14H,6-8H2,1-5H3,(H,13,17)(H,15,16). The smallest absolute Gasteiger partial charge is 0.226 e. The first kappa shape index (κ1) is 15.9. The second-order valence-electron chi connectivity index (χ2n) is 5.11. The van der Waals surface area contributed by atoms with E-state index >= 15 is 0 Å². The van der Waals surface area contributed by atoms with Gasteiger partial charge in [0, 0.05) is 32.6 Å². The Balaban J connectivity index is 3.78. The van der Waals surface area contributed by atoms with Crippen molar-refractivity contribution >= 4 is 11.8 Å². The number of rotatable bonds is 7. The topological polar surface area (TPSA) is 70.2 Å². The zero-order valence-electron chi connectivity index (χ0n) is 11.5. The summed E-state index contributed by atoms with van der Waals surface area (Å²) in [4.78, 5) is 22.8. The van der Waals surface area contributed by atoms with Crippen LogP contribution in [0.1, 0.15) is 34.1 Å². The number of carbonyl (C=O) groups excluding carboxylic acids is 2. The summed E-state index contributed by atoms with van der Waals surface area (Å²) in [5.41, 5.74) is -0.455. The van der Waals surface area contributed by atoms with Crippen LogP contribution in [0.25, 0.3) is 0 Å². The van der Waals surface area contributed by atoms with E-state index in [-0.39, 0.29) is 17.9 Å². The molecule has 0 rings (SSSR count). The van der Waals surface area contributed by atoms with Crippen molar-refractivity contribution in [2.75, 3.05) is 20.1 Å². The molecule has 0 aromatic heterocycles. The van der Waals surface area contributed by atoms with Crippen LogP contribution in [0.5, 0.6) is 0 Å². The van der Waals surface area contributed by atoms with Gasteiger partial charge in [-0.2, -0.15) is 0 Å². The van der Waals surface area contributed by atoms with E-state index in [9.17, 15) is 9.59 Å². The Morgan fingerprint density at radius 2 is 1.82 bits per heavy atom. The predicted molar refractivity (Wildman–Crippen MR) is 68.6 cm³/mol. The van der Waals surface area contributed by atoms with E-state index in [1.165, 1.54) is 0 Å². The molecule has 0 saturated carbocycles. The summed E-state index contributed by atoms with van der Waals surface area (Å²) in [6.07, 6.45) is 0.433. The molecule has 5 nitrogen and oxygen atoms in total. The van der Waals surface area contributed by atoms with Crippen LogP contribution in [0.3, 0.4) is 0 Å². The third-order valence-corrected chi connectivity index (χ3v) is 2.39. The monoisotopic (exact) mass is 243 g/mol. The number of hydrogen-bond acceptors (Lipinski definition) is 3. The van der Waals surface area contributed by atoms with Gasteiger partial charge in [0.1, 0.15) is 0 Å². The van der Waals surface area contributed by atoms with E-state index in [4.69, 9.17) is 0 Å². The maximum Gasteiger partial charge on any atom is 0.226 e. The van der Waals surface area contributed by atoms with Gasteiger partial charge in [-0.15, -0.1) is 0 Å². The lowest BCUT2D eigenvalue weighted by Gasteiger charge is -2.22. The van der Waals surface area contributed by atoms with Crippen LogP contribution in [0.2, 0.25) is 0 Å². The summed E-state index contributed by atoms with van der Waals surface area (Å²) in [5.74, 6) is 0.0295. The molecule has 0 unspecified atom stereocenters. The minimum atomic E-state index is -0.455. The van der Waals surface area contributed by atoms with E-state index in [1.807, 2.05) is 27.7 Å². The highest BCUT2D eigenvalue weighted by Gasteiger charge is 2.25. The quantitative estimate of drug-likeness (QED) is 0.562. The summed E-state index contributed by atoms with van der Waals surface area (Å²) in [5, 5.41) is 8.56. The van der Waals surface area contributed by atoms with Gasteiger partial charge in [0.05, 0.1) is 5.41 Å². The van der Waals surface area contributed by atoms with Gasteiger partial charge >= 0.3 is 0 Å². The van der Waals surface area contributed by atoms with E-state index < -0.39 is 5.41 Å². The van der Waals surface area contributed by atoms with Crippen LogP contribution in [-0.4, -0.2) is 38.0 Å². The molecule has 0 heterocycles. The van der Waals surface area contributed by atoms with Gasteiger partial charge in [-0.3, -0.25) is 9.59 Å². The number of amides is 2. The summed E-state index contributed by atoms with van der Waals surface area (Å²) >= 11 is 0. The van der Waals surface area contributed by atoms with Crippen molar-refractivity contribution < 1.29 is 9.59 Å². The first-order valence-electron chi connectivity index (χ1n) is 6.02. The fraction of sp³-hybridized carbons (Fsp3) is 0.833. The van der Waals surface area contributed by atoms with Gasteiger partial charge in [-0.05, 0) is 27.7 Å². The molecule has 5 heteroatoms. The lowest BCUT2D eigenvalue weighted by Crippen LogP contribution is -2.43. The maximum atomic E-state index is 11.5. The molecule has 0 aliphatic rings. The van der Waals surface area contributed by atoms with Crippen LogP contribution in [0.4, 0.5) is 0 Å². The molecular weight excluding hydrogens is 218 g/mol. The first-order chi connectivity index (χ1) is 7.79. The molecule has 2 amide bonds. The lowest BCUT2D eigenvalue weighted by molar-refractivity contribution is -0.128. The summed E-state index contributed by atoms with van der Waals surface area (Å²) in [7, 11) is 1.63. The molecule has 0 aliphatic heterocycles. The zero-order valence-corrected chi connectivity index (χ0v) is 11.5. The molecule has 0 bridgehead atoms. The highest BCUT2D eigenvalue weighted by Crippen LogP contribution is 2.12. The molecule has 17 heavy (non-hydrogen) atoms. The van der Waals surface area contributed by atoms with E-state index in [0.717, 1.165) is 0 Å². The van der Waals surface area contributed by atoms with Crippen molar-refractivity contribution in [3.8, 4) is 0 Å². The summed E-state index contributed by atoms with van der Waals surface area (Å²) < 4.78 is 0. The summed E-state index contributed by atoms with van der Waals surface area (Å²) in [6, 6.07) is 0.171. The average molecular weight is 243 g/mol. The molecule has 0 aliphatic carbocycles. The van der Waals surface area contributed by atoms with Crippen molar-refractivity contribution in [3.63, 3.8) is 0 Å². The van der Waals surface area contributed by atoms with E-state index in [0.29, 0.717) is 19.5 Å². The second kappa shape index (κ2) is 7.27. The van der Waals surface area contributed by atoms with Gasteiger partial charge in [-0.1, -0.05) is 0 Å². The van der Waals surface area contributed by atoms with Gasteiger partial charge in [0.15, 0.2) is 0 Å². The SMILES string of the molecule is CNC(=O)C(C)(C)CNCCC(=O)NC(C)C. The third kappa shape index (κ3) is 6.94. The number of carbonyl (C=O) groups is 2. The van der Waals surface area contributed by atoms with Crippen LogP contribution in [0.15, 0.2) is 0 Å². The Morgan fingerprint density at radius 3 is 2.29 bits per heavy atom. The summed E-state index contributed by atoms with van der Waals surface area (Å²) in [6.45, 7) is 8.74. The minimum absolute atomic E-state index is 0.00312. The van der Waals surface area contributed by atoms with Crippen molar-refractivity contribution in [2.24, 2.45) is 5.41 Å². The molecule has 0 atom stereocenters. The van der Waals surface area contributed by atoms with Crippen LogP contribution in [-0.2, 0) is 9.59 Å². The first-order valence-corrected chi connectivity index (χ1v) is 6.02. The Morgan fingerprint density at radius 1 is 1.24 bits per heavy atom. The van der Waals surface area contributed by atoms with Crippen LogP contribution < -0.4 is 16.0 Å². The van der Waals surface area contributed by atoms with E-state index in [2.05, 4.69) is 16.0 Å². The Labute approximate surface area is 104 Å². The molecule has 0 aromatic rings. The zero-order chi connectivity index (χ0) is 13.5. The highest BCUT2D eigenvalue weighted by atomic mass is 16.2. The Bertz CT molecular complexity index is 262. The van der Waals surface area contributed by atoms with Crippen molar-refractivity contribution in [3.05, 3.63) is 0 Å². The van der Waals surface area contributed by atoms with Gasteiger partial charge in [0.25, 0.3) is 0 Å². The second-order valence-corrected chi connectivity index (χ2v) is 5.11. The van der Waals surface area contributed by atoms with Gasteiger partial charge < -0.3 is 16.0 Å². The third-order valence-electron chi connectivity index (χ3n) is 2.39. The number of nitrogens with one attached hydrogen (secondary N) is 3. The molecule has 0 spiro atoms. The molecule has 0 saturated heterocycles. The largest absolute Gasteiger partial charge is 0.359 e. The van der Waals surface area contributed by atoms with Crippen molar-refractivity contribution in [1.82, 2.24) is 16.0 Å². The fourth-order valence-electron chi connectivity index (χ4n) is 1.42. The van der Waals surface area contributed by atoms with Crippen molar-refractivity contribution in [2.45, 2.75) is 40.2 Å².